The molecule has 1 aliphatic heterocycles. The van der Waals surface area contributed by atoms with Gasteiger partial charge < -0.3 is 28.9 Å². The third-order valence-corrected chi connectivity index (χ3v) is 9.18. The lowest BCUT2D eigenvalue weighted by Gasteiger charge is -2.33. The number of nitrogens with one attached hydrogen (secondary N) is 2. The maximum absolute atomic E-state index is 15.7. The Morgan fingerprint density at radius 3 is 2.66 bits per heavy atom. The Hall–Kier alpha value is -2.45. The zero-order chi connectivity index (χ0) is 29.9. The summed E-state index contributed by atoms with van der Waals surface area (Å²) in [6.45, 7) is 2.71. The zero-order valence-electron chi connectivity index (χ0n) is 23.2. The van der Waals surface area contributed by atoms with Gasteiger partial charge in [0.2, 0.25) is 0 Å². The van der Waals surface area contributed by atoms with Crippen LogP contribution in [0, 0.1) is 6.92 Å². The van der Waals surface area contributed by atoms with E-state index in [-0.39, 0.29) is 12.0 Å². The second-order valence-electron chi connectivity index (χ2n) is 9.80. The highest BCUT2D eigenvalue weighted by Crippen LogP contribution is 2.49. The van der Waals surface area contributed by atoms with Crippen molar-refractivity contribution in [2.45, 2.75) is 63.9 Å². The molecule has 41 heavy (non-hydrogen) atoms. The number of imidazole rings is 1. The summed E-state index contributed by atoms with van der Waals surface area (Å²) in [5, 5.41) is 16.9. The third kappa shape index (κ3) is 6.80. The van der Waals surface area contributed by atoms with Gasteiger partial charge in [0.15, 0.2) is 29.4 Å². The van der Waals surface area contributed by atoms with Gasteiger partial charge in [0.05, 0.1) is 24.9 Å². The van der Waals surface area contributed by atoms with Crippen molar-refractivity contribution >= 4 is 53.0 Å². The van der Waals surface area contributed by atoms with Crippen molar-refractivity contribution in [3.05, 3.63) is 42.5 Å². The van der Waals surface area contributed by atoms with Gasteiger partial charge in [-0.25, -0.2) is 24.4 Å². The molecule has 0 bridgehead atoms. The van der Waals surface area contributed by atoms with Crippen LogP contribution >= 0.6 is 18.2 Å². The molecule has 1 aromatic carbocycles. The van der Waals surface area contributed by atoms with Crippen molar-refractivity contribution in [3.8, 4) is 5.75 Å². The van der Waals surface area contributed by atoms with E-state index >= 15 is 4.39 Å². The number of anilines is 1. The molecule has 1 fully saturated rings. The van der Waals surface area contributed by atoms with E-state index in [1.165, 1.54) is 10.9 Å². The average Bonchev–Trinajstić information content (AvgIpc) is 3.46. The Bertz CT molecular complexity index is 1420. The SMILES string of the molecule is CNc1nc(C)nc2c1ncn2[C@@H]1O[C@](CCl)(COP(=S)(N[C@H](C)C(=O)OC(C)C)Oc2ccccc2)[C@@H](O)[C@H]1F. The highest BCUT2D eigenvalue weighted by Gasteiger charge is 2.57. The van der Waals surface area contributed by atoms with Gasteiger partial charge in [0, 0.05) is 7.05 Å². The van der Waals surface area contributed by atoms with Gasteiger partial charge in [0.1, 0.15) is 29.3 Å². The lowest BCUT2D eigenvalue weighted by atomic mass is 9.99. The molecule has 3 aromatic rings. The molecule has 0 radical (unpaired) electrons. The number of hydrogen-bond acceptors (Lipinski definition) is 11. The Kier molecular flexibility index (Phi) is 9.85. The highest BCUT2D eigenvalue weighted by molar-refractivity contribution is 8.09. The summed E-state index contributed by atoms with van der Waals surface area (Å²) in [6, 6.07) is 7.72. The van der Waals surface area contributed by atoms with Gasteiger partial charge in [-0.05, 0) is 51.6 Å². The van der Waals surface area contributed by atoms with E-state index in [4.69, 9.17) is 41.9 Å². The van der Waals surface area contributed by atoms with Gasteiger partial charge in [-0.1, -0.05) is 18.2 Å². The van der Waals surface area contributed by atoms with Crippen molar-refractivity contribution in [1.82, 2.24) is 24.6 Å². The van der Waals surface area contributed by atoms with E-state index in [1.54, 1.807) is 65.1 Å². The van der Waals surface area contributed by atoms with E-state index in [0.29, 0.717) is 28.6 Å². The molecule has 1 aliphatic rings. The number of aryl methyl sites for hydroxylation is 1. The molecule has 4 rings (SSSR count). The van der Waals surface area contributed by atoms with Crippen LogP contribution in [0.1, 0.15) is 32.8 Å². The van der Waals surface area contributed by atoms with E-state index < -0.39 is 49.4 Å². The van der Waals surface area contributed by atoms with Crippen LogP contribution in [-0.2, 0) is 30.6 Å². The molecule has 6 atom stereocenters. The smallest absolute Gasteiger partial charge is 0.323 e. The van der Waals surface area contributed by atoms with Gasteiger partial charge in [0.25, 0.3) is 0 Å². The number of ether oxygens (including phenoxy) is 2. The van der Waals surface area contributed by atoms with Gasteiger partial charge in [-0.15, -0.1) is 11.6 Å². The number of benzene rings is 1. The van der Waals surface area contributed by atoms with Crippen LogP contribution in [0.25, 0.3) is 11.2 Å². The van der Waals surface area contributed by atoms with E-state index in [9.17, 15) is 9.90 Å². The molecule has 3 heterocycles. The minimum atomic E-state index is -3.52. The minimum Gasteiger partial charge on any atom is -0.462 e. The predicted molar refractivity (Wildman–Crippen MR) is 155 cm³/mol. The van der Waals surface area contributed by atoms with E-state index in [2.05, 4.69) is 25.4 Å². The number of nitrogens with zero attached hydrogens (tertiary/aromatic N) is 4. The molecule has 0 saturated carbocycles. The van der Waals surface area contributed by atoms with Crippen molar-refractivity contribution in [2.75, 3.05) is 24.9 Å². The molecule has 2 aromatic heterocycles. The first-order valence-electron chi connectivity index (χ1n) is 12.8. The maximum Gasteiger partial charge on any atom is 0.323 e. The highest BCUT2D eigenvalue weighted by atomic mass is 35.5. The Labute approximate surface area is 247 Å². The first-order chi connectivity index (χ1) is 19.4. The summed E-state index contributed by atoms with van der Waals surface area (Å²) in [5.41, 5.74) is -1.02. The fourth-order valence-electron chi connectivity index (χ4n) is 4.21. The molecule has 1 saturated heterocycles. The van der Waals surface area contributed by atoms with Gasteiger partial charge in [-0.2, -0.15) is 0 Å². The summed E-state index contributed by atoms with van der Waals surface area (Å²) in [5.74, 6) is 0.357. The molecular weight excluding hydrogens is 598 g/mol. The number of fused-ring (bicyclic) bond motifs is 1. The predicted octanol–water partition coefficient (Wildman–Crippen LogP) is 3.63. The third-order valence-electron chi connectivity index (χ3n) is 6.24. The molecule has 3 N–H and O–H groups in total. The number of aliphatic hydroxyl groups excluding tert-OH is 1. The molecular formula is C25H33ClFN6O6PS. The molecule has 12 nitrogen and oxygen atoms in total. The number of para-hydroxylation sites is 1. The van der Waals surface area contributed by atoms with Crippen LogP contribution in [0.4, 0.5) is 10.2 Å². The molecule has 0 spiro atoms. The number of esters is 1. The number of hydrogen-bond donors (Lipinski definition) is 3. The van der Waals surface area contributed by atoms with Crippen LogP contribution in [0.2, 0.25) is 0 Å². The number of carbonyl (C=O) groups excluding carboxylic acids is 1. The molecule has 0 aliphatic carbocycles. The number of rotatable bonds is 12. The summed E-state index contributed by atoms with van der Waals surface area (Å²) in [7, 11) is 1.68. The number of aromatic nitrogens is 4. The first kappa shape index (κ1) is 31.5. The Morgan fingerprint density at radius 2 is 2.02 bits per heavy atom. The van der Waals surface area contributed by atoms with Crippen molar-refractivity contribution in [2.24, 2.45) is 0 Å². The van der Waals surface area contributed by atoms with Crippen molar-refractivity contribution in [3.63, 3.8) is 0 Å². The van der Waals surface area contributed by atoms with Crippen LogP contribution in [0.15, 0.2) is 36.7 Å². The number of aliphatic hydroxyl groups is 1. The molecule has 1 unspecified atom stereocenters. The quantitative estimate of drug-likeness (QED) is 0.153. The summed E-state index contributed by atoms with van der Waals surface area (Å²) >= 11 is 12.0. The Morgan fingerprint density at radius 1 is 1.32 bits per heavy atom. The largest absolute Gasteiger partial charge is 0.462 e. The van der Waals surface area contributed by atoms with Crippen LogP contribution < -0.4 is 14.9 Å². The lowest BCUT2D eigenvalue weighted by molar-refractivity contribution is -0.149. The minimum absolute atomic E-state index is 0.310. The van der Waals surface area contributed by atoms with Crippen LogP contribution in [-0.4, -0.2) is 80.2 Å². The molecule has 16 heteroatoms. The van der Waals surface area contributed by atoms with Crippen LogP contribution in [0.3, 0.4) is 0 Å². The van der Waals surface area contributed by atoms with Gasteiger partial charge >= 0.3 is 12.6 Å². The normalized spacial score (nSPS) is 24.8. The number of alkyl halides is 2. The van der Waals surface area contributed by atoms with Crippen molar-refractivity contribution in [1.29, 1.82) is 0 Å². The lowest BCUT2D eigenvalue weighted by Crippen LogP contribution is -2.48. The maximum atomic E-state index is 15.7. The number of halogens is 2. The summed E-state index contributed by atoms with van der Waals surface area (Å²) in [6.07, 6.45) is -3.96. The monoisotopic (exact) mass is 630 g/mol. The number of carbonyl (C=O) groups is 1. The Balaban J connectivity index is 1.61. The zero-order valence-corrected chi connectivity index (χ0v) is 25.6. The second kappa shape index (κ2) is 12.8. The fraction of sp³-hybridized carbons (Fsp3) is 0.520. The summed E-state index contributed by atoms with van der Waals surface area (Å²) in [4.78, 5) is 25.5. The van der Waals surface area contributed by atoms with Crippen LogP contribution in [0.5, 0.6) is 5.75 Å². The average molecular weight is 631 g/mol. The molecule has 0 amide bonds. The second-order valence-corrected chi connectivity index (χ2v) is 13.2. The van der Waals surface area contributed by atoms with E-state index in [0.717, 1.165) is 0 Å². The topological polar surface area (TPSA) is 142 Å². The summed E-state index contributed by atoms with van der Waals surface area (Å²) < 4.78 is 40.5. The molecule has 224 valence electrons. The first-order valence-corrected chi connectivity index (χ1v) is 16.0. The van der Waals surface area contributed by atoms with Crippen molar-refractivity contribution < 1.29 is 32.8 Å². The standard InChI is InChI=1S/C25H33ClFN6O6PS/c1-14(2)37-24(35)15(3)32-40(41,39-17-9-7-6-8-10-17)36-12-25(11-26)20(34)18(27)23(38-25)33-13-29-19-21(28-5)30-16(4)31-22(19)33/h6-10,13-15,18,20,23,34H,11-12H2,1-5H3,(H,32,41)(H,28,30,31)/t15-,18-,20+,23-,25-,40?/m1/s1. The van der Waals surface area contributed by atoms with E-state index in [1.807, 2.05) is 0 Å². The van der Waals surface area contributed by atoms with Gasteiger partial charge in [-0.3, -0.25) is 9.36 Å². The fourth-order valence-corrected chi connectivity index (χ4v) is 6.95.